The third kappa shape index (κ3) is 4.44. The van der Waals surface area contributed by atoms with Gasteiger partial charge in [-0.3, -0.25) is 19.3 Å². The van der Waals surface area contributed by atoms with E-state index in [-0.39, 0.29) is 29.2 Å². The van der Waals surface area contributed by atoms with Crippen LogP contribution >= 0.6 is 15.9 Å². The van der Waals surface area contributed by atoms with Crippen LogP contribution in [0.3, 0.4) is 0 Å². The quantitative estimate of drug-likeness (QED) is 0.398. The second kappa shape index (κ2) is 8.85. The molecule has 2 atom stereocenters. The minimum Gasteiger partial charge on any atom is -0.452 e. The topological polar surface area (TPSA) is 92.8 Å². The molecule has 2 aliphatic rings. The second-order valence-electron chi connectivity index (χ2n) is 7.35. The van der Waals surface area contributed by atoms with Crippen molar-refractivity contribution in [2.45, 2.75) is 12.8 Å². The number of esters is 1. The highest BCUT2D eigenvalue weighted by molar-refractivity contribution is 9.10. The standard InChI is InChI=1S/C23H19BrN2O5/c24-15-8-10-16(11-9-15)25-20(27)13-31-23(30)14-4-3-5-17(12-14)26-21(28)18-6-1-2-7-19(18)22(26)29/h1-5,8-12,18-19H,6-7,13H2,(H,25,27)/t18-,19-/m0/s1. The minimum atomic E-state index is -0.717. The number of fused-ring (bicyclic) bond motifs is 1. The molecule has 1 N–H and O–H groups in total. The van der Waals surface area contributed by atoms with Crippen molar-refractivity contribution in [2.75, 3.05) is 16.8 Å². The number of hydrogen-bond donors (Lipinski definition) is 1. The maximum Gasteiger partial charge on any atom is 0.338 e. The predicted octanol–water partition coefficient (Wildman–Crippen LogP) is 3.70. The Morgan fingerprint density at radius 3 is 2.29 bits per heavy atom. The monoisotopic (exact) mass is 482 g/mol. The van der Waals surface area contributed by atoms with Gasteiger partial charge in [-0.25, -0.2) is 4.79 Å². The van der Waals surface area contributed by atoms with Crippen LogP contribution in [0, 0.1) is 11.8 Å². The molecule has 1 aliphatic heterocycles. The molecule has 7 nitrogen and oxygen atoms in total. The van der Waals surface area contributed by atoms with Crippen LogP contribution in [-0.4, -0.2) is 30.3 Å². The lowest BCUT2D eigenvalue weighted by atomic mass is 9.85. The molecule has 0 radical (unpaired) electrons. The summed E-state index contributed by atoms with van der Waals surface area (Å²) in [6.07, 6.45) is 4.92. The molecular weight excluding hydrogens is 464 g/mol. The summed E-state index contributed by atoms with van der Waals surface area (Å²) in [5, 5.41) is 2.63. The summed E-state index contributed by atoms with van der Waals surface area (Å²) in [6.45, 7) is -0.462. The van der Waals surface area contributed by atoms with Gasteiger partial charge in [0.1, 0.15) is 0 Å². The third-order valence-electron chi connectivity index (χ3n) is 5.31. The van der Waals surface area contributed by atoms with E-state index in [4.69, 9.17) is 4.74 Å². The van der Waals surface area contributed by atoms with Crippen LogP contribution in [0.4, 0.5) is 11.4 Å². The Bertz CT molecular complexity index is 1050. The maximum atomic E-state index is 12.7. The molecule has 158 valence electrons. The molecule has 2 aromatic rings. The molecule has 8 heteroatoms. The Kier molecular flexibility index (Phi) is 5.99. The Morgan fingerprint density at radius 2 is 1.65 bits per heavy atom. The van der Waals surface area contributed by atoms with Gasteiger partial charge in [0.25, 0.3) is 5.91 Å². The van der Waals surface area contributed by atoms with Crippen LogP contribution in [0.5, 0.6) is 0 Å². The molecule has 31 heavy (non-hydrogen) atoms. The highest BCUT2D eigenvalue weighted by atomic mass is 79.9. The molecule has 1 fully saturated rings. The van der Waals surface area contributed by atoms with Crippen LogP contribution in [0.25, 0.3) is 0 Å². The van der Waals surface area contributed by atoms with Crippen LogP contribution in [0.2, 0.25) is 0 Å². The number of amides is 3. The smallest absolute Gasteiger partial charge is 0.338 e. The summed E-state index contributed by atoms with van der Waals surface area (Å²) < 4.78 is 5.97. The lowest BCUT2D eigenvalue weighted by Crippen LogP contribution is -2.31. The van der Waals surface area contributed by atoms with Crippen molar-refractivity contribution in [1.29, 1.82) is 0 Å². The van der Waals surface area contributed by atoms with Crippen LogP contribution in [-0.2, 0) is 19.1 Å². The van der Waals surface area contributed by atoms with Crippen molar-refractivity contribution in [3.8, 4) is 0 Å². The molecule has 1 heterocycles. The van der Waals surface area contributed by atoms with E-state index in [1.807, 2.05) is 12.2 Å². The van der Waals surface area contributed by atoms with Crippen LogP contribution in [0.1, 0.15) is 23.2 Å². The molecule has 0 bridgehead atoms. The molecule has 0 aromatic heterocycles. The SMILES string of the molecule is O=C(COC(=O)c1cccc(N2C(=O)[C@H]3CC=CC[C@@H]3C2=O)c1)Nc1ccc(Br)cc1. The Balaban J connectivity index is 1.40. The number of nitrogens with one attached hydrogen (secondary N) is 1. The van der Waals surface area contributed by atoms with Crippen molar-refractivity contribution in [1.82, 2.24) is 0 Å². The van der Waals surface area contributed by atoms with E-state index in [0.29, 0.717) is 24.2 Å². The van der Waals surface area contributed by atoms with Gasteiger partial charge >= 0.3 is 5.97 Å². The van der Waals surface area contributed by atoms with E-state index in [1.54, 1.807) is 36.4 Å². The largest absolute Gasteiger partial charge is 0.452 e. The molecule has 0 saturated carbocycles. The van der Waals surface area contributed by atoms with E-state index in [0.717, 1.165) is 9.37 Å². The summed E-state index contributed by atoms with van der Waals surface area (Å²) >= 11 is 3.31. The fourth-order valence-electron chi connectivity index (χ4n) is 3.77. The van der Waals surface area contributed by atoms with E-state index >= 15 is 0 Å². The van der Waals surface area contributed by atoms with Crippen molar-refractivity contribution in [3.05, 3.63) is 70.7 Å². The van der Waals surface area contributed by atoms with Crippen molar-refractivity contribution in [3.63, 3.8) is 0 Å². The molecule has 2 aromatic carbocycles. The summed E-state index contributed by atoms with van der Waals surface area (Å²) in [5.41, 5.74) is 1.06. The normalized spacial score (nSPS) is 19.8. The van der Waals surface area contributed by atoms with Gasteiger partial charge < -0.3 is 10.1 Å². The lowest BCUT2D eigenvalue weighted by molar-refractivity contribution is -0.122. The van der Waals surface area contributed by atoms with E-state index in [2.05, 4.69) is 21.2 Å². The van der Waals surface area contributed by atoms with Gasteiger partial charge in [0.05, 0.1) is 23.1 Å². The fraction of sp³-hybridized carbons (Fsp3) is 0.217. The summed E-state index contributed by atoms with van der Waals surface area (Å²) in [4.78, 5) is 51.1. The Morgan fingerprint density at radius 1 is 1.00 bits per heavy atom. The summed E-state index contributed by atoms with van der Waals surface area (Å²) in [6, 6.07) is 13.1. The first-order valence-corrected chi connectivity index (χ1v) is 10.6. The number of carbonyl (C=O) groups excluding carboxylic acids is 4. The highest BCUT2D eigenvalue weighted by Crippen LogP contribution is 2.37. The van der Waals surface area contributed by atoms with Gasteiger partial charge in [0.2, 0.25) is 11.8 Å². The molecule has 0 unspecified atom stereocenters. The van der Waals surface area contributed by atoms with Gasteiger partial charge in [-0.1, -0.05) is 34.1 Å². The molecule has 0 spiro atoms. The Labute approximate surface area is 187 Å². The number of hydrogen-bond acceptors (Lipinski definition) is 5. The minimum absolute atomic E-state index is 0.155. The first-order valence-electron chi connectivity index (χ1n) is 9.79. The zero-order valence-corrected chi connectivity index (χ0v) is 18.0. The van der Waals surface area contributed by atoms with E-state index in [1.165, 1.54) is 12.1 Å². The van der Waals surface area contributed by atoms with Crippen molar-refractivity contribution < 1.29 is 23.9 Å². The number of rotatable bonds is 5. The van der Waals surface area contributed by atoms with Crippen molar-refractivity contribution >= 4 is 51.0 Å². The maximum absolute atomic E-state index is 12.7. The van der Waals surface area contributed by atoms with Gasteiger partial charge in [-0.2, -0.15) is 0 Å². The number of anilines is 2. The molecule has 1 saturated heterocycles. The highest BCUT2D eigenvalue weighted by Gasteiger charge is 2.47. The average molecular weight is 483 g/mol. The first-order chi connectivity index (χ1) is 14.9. The van der Waals surface area contributed by atoms with E-state index < -0.39 is 18.5 Å². The van der Waals surface area contributed by atoms with Gasteiger partial charge in [-0.05, 0) is 55.3 Å². The van der Waals surface area contributed by atoms with Crippen LogP contribution < -0.4 is 10.2 Å². The third-order valence-corrected chi connectivity index (χ3v) is 5.84. The van der Waals surface area contributed by atoms with Crippen LogP contribution in [0.15, 0.2) is 65.2 Å². The van der Waals surface area contributed by atoms with Gasteiger partial charge in [0.15, 0.2) is 6.61 Å². The number of halogens is 1. The number of imide groups is 1. The van der Waals surface area contributed by atoms with E-state index in [9.17, 15) is 19.2 Å². The number of allylic oxidation sites excluding steroid dienone is 2. The number of carbonyl (C=O) groups is 4. The van der Waals surface area contributed by atoms with Gasteiger partial charge in [0, 0.05) is 10.2 Å². The van der Waals surface area contributed by atoms with Gasteiger partial charge in [-0.15, -0.1) is 0 Å². The molecular formula is C23H19BrN2O5. The first kappa shape index (κ1) is 21.0. The van der Waals surface area contributed by atoms with Crippen molar-refractivity contribution in [2.24, 2.45) is 11.8 Å². The number of ether oxygens (including phenoxy) is 1. The number of benzene rings is 2. The fourth-order valence-corrected chi connectivity index (χ4v) is 4.04. The zero-order valence-electron chi connectivity index (χ0n) is 16.4. The Hall–Kier alpha value is -3.26. The molecule has 1 aliphatic carbocycles. The zero-order chi connectivity index (χ0) is 22.0. The molecule has 3 amide bonds. The summed E-state index contributed by atoms with van der Waals surface area (Å²) in [5.74, 6) is -2.40. The predicted molar refractivity (Wildman–Crippen MR) is 117 cm³/mol. The lowest BCUT2D eigenvalue weighted by Gasteiger charge is -2.15. The summed E-state index contributed by atoms with van der Waals surface area (Å²) in [7, 11) is 0. The molecule has 4 rings (SSSR count). The second-order valence-corrected chi connectivity index (χ2v) is 8.26. The average Bonchev–Trinajstić information content (AvgIpc) is 3.04. The number of nitrogens with zero attached hydrogens (tertiary/aromatic N) is 1.